The SMILES string of the molecule is CC(C)[Si](OC(=O)N[C@@H](Cc1ccccc1)C(=O)OCc1ccccc1)(C(C)C)C(C)C. The van der Waals surface area contributed by atoms with Gasteiger partial charge >= 0.3 is 12.1 Å². The van der Waals surface area contributed by atoms with Crippen molar-refractivity contribution in [2.24, 2.45) is 0 Å². The molecule has 0 saturated carbocycles. The zero-order chi connectivity index (χ0) is 23.7. The number of nitrogens with one attached hydrogen (secondary N) is 1. The normalized spacial score (nSPS) is 12.7. The molecule has 6 heteroatoms. The Balaban J connectivity index is 2.17. The molecule has 1 atom stereocenters. The van der Waals surface area contributed by atoms with E-state index in [0.29, 0.717) is 6.42 Å². The third kappa shape index (κ3) is 6.70. The molecule has 0 spiro atoms. The van der Waals surface area contributed by atoms with Crippen LogP contribution in [-0.2, 0) is 27.0 Å². The van der Waals surface area contributed by atoms with Crippen LogP contribution in [0, 0.1) is 0 Å². The van der Waals surface area contributed by atoms with Crippen molar-refractivity contribution < 1.29 is 18.8 Å². The van der Waals surface area contributed by atoms with Gasteiger partial charge in [0.1, 0.15) is 12.6 Å². The summed E-state index contributed by atoms with van der Waals surface area (Å²) in [5.74, 6) is -0.472. The minimum Gasteiger partial charge on any atom is -0.503 e. The molecule has 1 amide bonds. The number of amides is 1. The van der Waals surface area contributed by atoms with Crippen molar-refractivity contribution >= 4 is 20.4 Å². The Bertz CT molecular complexity index is 831. The van der Waals surface area contributed by atoms with Gasteiger partial charge in [0.15, 0.2) is 0 Å². The average Bonchev–Trinajstić information content (AvgIpc) is 2.76. The molecule has 0 fully saturated rings. The van der Waals surface area contributed by atoms with E-state index >= 15 is 0 Å². The van der Waals surface area contributed by atoms with Gasteiger partial charge in [-0.05, 0) is 27.8 Å². The van der Waals surface area contributed by atoms with Gasteiger partial charge in [-0.3, -0.25) is 0 Å². The van der Waals surface area contributed by atoms with E-state index in [1.54, 1.807) is 0 Å². The fourth-order valence-corrected chi connectivity index (χ4v) is 9.65. The van der Waals surface area contributed by atoms with Gasteiger partial charge < -0.3 is 14.5 Å². The zero-order valence-corrected chi connectivity index (χ0v) is 21.1. The van der Waals surface area contributed by atoms with Crippen LogP contribution >= 0.6 is 0 Å². The molecule has 2 rings (SSSR count). The average molecular weight is 456 g/mol. The van der Waals surface area contributed by atoms with Crippen LogP contribution in [0.15, 0.2) is 60.7 Å². The molecule has 0 aliphatic carbocycles. The molecule has 0 bridgehead atoms. The van der Waals surface area contributed by atoms with Gasteiger partial charge in [-0.15, -0.1) is 0 Å². The van der Waals surface area contributed by atoms with Crippen LogP contribution in [0.1, 0.15) is 52.7 Å². The maximum Gasteiger partial charge on any atom is 0.394 e. The maximum absolute atomic E-state index is 13.0. The molecule has 1 N–H and O–H groups in total. The highest BCUT2D eigenvalue weighted by molar-refractivity contribution is 6.78. The van der Waals surface area contributed by atoms with Gasteiger partial charge in [-0.1, -0.05) is 102 Å². The van der Waals surface area contributed by atoms with E-state index in [1.807, 2.05) is 60.7 Å². The van der Waals surface area contributed by atoms with Crippen LogP contribution in [0.25, 0.3) is 0 Å². The standard InChI is InChI=1S/C26H37NO4Si/c1-19(2)32(20(3)4,21(5)6)31-26(29)27-24(17-22-13-9-7-10-14-22)25(28)30-18-23-15-11-8-12-16-23/h7-16,19-21,24H,17-18H2,1-6H3,(H,27,29)/t24-/m0/s1. The van der Waals surface area contributed by atoms with E-state index in [1.165, 1.54) is 0 Å². The molecule has 0 aromatic heterocycles. The summed E-state index contributed by atoms with van der Waals surface area (Å²) in [5, 5.41) is 2.82. The lowest BCUT2D eigenvalue weighted by Crippen LogP contribution is -2.53. The van der Waals surface area contributed by atoms with E-state index in [-0.39, 0.29) is 23.2 Å². The van der Waals surface area contributed by atoms with Gasteiger partial charge in [0.05, 0.1) is 0 Å². The predicted octanol–water partition coefficient (Wildman–Crippen LogP) is 6.24. The number of hydrogen-bond donors (Lipinski definition) is 1. The molecule has 0 aliphatic rings. The van der Waals surface area contributed by atoms with Crippen LogP contribution in [0.2, 0.25) is 16.6 Å². The van der Waals surface area contributed by atoms with Crippen molar-refractivity contribution in [2.75, 3.05) is 0 Å². The van der Waals surface area contributed by atoms with Crippen LogP contribution in [0.3, 0.4) is 0 Å². The van der Waals surface area contributed by atoms with Gasteiger partial charge in [-0.2, -0.15) is 0 Å². The summed E-state index contributed by atoms with van der Waals surface area (Å²) in [6.45, 7) is 12.9. The number of rotatable bonds is 10. The Morgan fingerprint density at radius 3 is 1.72 bits per heavy atom. The fourth-order valence-electron chi connectivity index (χ4n) is 4.56. The number of carbonyl (C=O) groups is 2. The second kappa shape index (κ2) is 11.9. The Hall–Kier alpha value is -2.60. The van der Waals surface area contributed by atoms with Crippen LogP contribution in [0.5, 0.6) is 0 Å². The molecule has 5 nitrogen and oxygen atoms in total. The Morgan fingerprint density at radius 2 is 1.25 bits per heavy atom. The smallest absolute Gasteiger partial charge is 0.394 e. The monoisotopic (exact) mass is 455 g/mol. The first kappa shape index (κ1) is 25.7. The second-order valence-corrected chi connectivity index (χ2v) is 14.6. The summed E-state index contributed by atoms with van der Waals surface area (Å²) in [4.78, 5) is 26.0. The van der Waals surface area contributed by atoms with E-state index < -0.39 is 26.4 Å². The molecule has 0 radical (unpaired) electrons. The lowest BCUT2D eigenvalue weighted by atomic mass is 10.1. The zero-order valence-electron chi connectivity index (χ0n) is 20.1. The summed E-state index contributed by atoms with van der Waals surface area (Å²) in [6, 6.07) is 18.3. The largest absolute Gasteiger partial charge is 0.503 e. The third-order valence-corrected chi connectivity index (χ3v) is 12.0. The first-order valence-electron chi connectivity index (χ1n) is 11.4. The Labute approximate surface area is 193 Å². The predicted molar refractivity (Wildman–Crippen MR) is 131 cm³/mol. The molecule has 0 unspecified atom stereocenters. The Kier molecular flexibility index (Phi) is 9.51. The van der Waals surface area contributed by atoms with Gasteiger partial charge in [-0.25, -0.2) is 9.59 Å². The third-order valence-electron chi connectivity index (χ3n) is 6.06. The highest BCUT2D eigenvalue weighted by Gasteiger charge is 2.48. The summed E-state index contributed by atoms with van der Waals surface area (Å²) in [5.41, 5.74) is 2.60. The van der Waals surface area contributed by atoms with Crippen LogP contribution in [0.4, 0.5) is 4.79 Å². The van der Waals surface area contributed by atoms with Crippen LogP contribution < -0.4 is 5.32 Å². The molecule has 0 saturated heterocycles. The number of ether oxygens (including phenoxy) is 1. The molecular weight excluding hydrogens is 418 g/mol. The van der Waals surface area contributed by atoms with Gasteiger partial charge in [0.2, 0.25) is 0 Å². The van der Waals surface area contributed by atoms with Crippen LogP contribution in [-0.4, -0.2) is 26.4 Å². The van der Waals surface area contributed by atoms with Crippen molar-refractivity contribution in [3.8, 4) is 0 Å². The molecule has 2 aromatic carbocycles. The number of benzene rings is 2. The minimum atomic E-state index is -2.42. The van der Waals surface area contributed by atoms with Gasteiger partial charge in [0, 0.05) is 6.42 Å². The van der Waals surface area contributed by atoms with Crippen molar-refractivity contribution in [3.63, 3.8) is 0 Å². The first-order chi connectivity index (χ1) is 15.2. The molecule has 0 heterocycles. The van der Waals surface area contributed by atoms with E-state index in [9.17, 15) is 9.59 Å². The highest BCUT2D eigenvalue weighted by atomic mass is 28.4. The van der Waals surface area contributed by atoms with E-state index in [4.69, 9.17) is 9.16 Å². The van der Waals surface area contributed by atoms with Gasteiger partial charge in [0.25, 0.3) is 8.32 Å². The number of esters is 1. The lowest BCUT2D eigenvalue weighted by molar-refractivity contribution is -0.147. The lowest BCUT2D eigenvalue weighted by Gasteiger charge is -2.41. The molecule has 32 heavy (non-hydrogen) atoms. The topological polar surface area (TPSA) is 64.6 Å². The van der Waals surface area contributed by atoms with Crippen molar-refractivity contribution in [1.82, 2.24) is 5.32 Å². The van der Waals surface area contributed by atoms with E-state index in [2.05, 4.69) is 46.9 Å². The highest BCUT2D eigenvalue weighted by Crippen LogP contribution is 2.42. The summed E-state index contributed by atoms with van der Waals surface area (Å²) in [7, 11) is -2.42. The summed E-state index contributed by atoms with van der Waals surface area (Å²) >= 11 is 0. The Morgan fingerprint density at radius 1 is 0.781 bits per heavy atom. The molecular formula is C26H37NO4Si. The summed E-state index contributed by atoms with van der Waals surface area (Å²) < 4.78 is 11.7. The minimum absolute atomic E-state index is 0.157. The molecule has 2 aromatic rings. The van der Waals surface area contributed by atoms with Crippen molar-refractivity contribution in [3.05, 3.63) is 71.8 Å². The first-order valence-corrected chi connectivity index (χ1v) is 13.5. The quantitative estimate of drug-likeness (QED) is 0.340. The second-order valence-electron chi connectivity index (χ2n) is 9.19. The summed E-state index contributed by atoms with van der Waals surface area (Å²) in [6.07, 6.45) is -0.200. The molecule has 174 valence electrons. The maximum atomic E-state index is 13.0. The number of hydrogen-bond acceptors (Lipinski definition) is 4. The number of carbonyl (C=O) groups excluding carboxylic acids is 2. The fraction of sp³-hybridized carbons (Fsp3) is 0.462. The molecule has 0 aliphatic heterocycles. The van der Waals surface area contributed by atoms with Crippen molar-refractivity contribution in [2.45, 2.75) is 77.2 Å². The van der Waals surface area contributed by atoms with E-state index in [0.717, 1.165) is 11.1 Å². The van der Waals surface area contributed by atoms with Crippen molar-refractivity contribution in [1.29, 1.82) is 0 Å².